The van der Waals surface area contributed by atoms with E-state index in [9.17, 15) is 9.90 Å². The highest BCUT2D eigenvalue weighted by molar-refractivity contribution is 5.82. The number of benzene rings is 1. The molecule has 0 spiro atoms. The fourth-order valence-electron chi connectivity index (χ4n) is 2.81. The Bertz CT molecular complexity index is 487. The minimum absolute atomic E-state index is 0.0490. The molecule has 2 unspecified atom stereocenters. The highest BCUT2D eigenvalue weighted by atomic mass is 16.5. The molecule has 0 saturated carbocycles. The lowest BCUT2D eigenvalue weighted by Gasteiger charge is -2.38. The first-order valence-electron chi connectivity index (χ1n) is 7.86. The fourth-order valence-corrected chi connectivity index (χ4v) is 2.81. The second-order valence-corrected chi connectivity index (χ2v) is 6.25. The van der Waals surface area contributed by atoms with Crippen LogP contribution in [0, 0.1) is 12.8 Å². The number of amides is 1. The molecule has 1 aromatic rings. The zero-order chi connectivity index (χ0) is 16.1. The third kappa shape index (κ3) is 4.45. The van der Waals surface area contributed by atoms with Crippen LogP contribution in [0.2, 0.25) is 0 Å². The van der Waals surface area contributed by atoms with Crippen LogP contribution < -0.4 is 10.1 Å². The van der Waals surface area contributed by atoms with Crippen LogP contribution in [0.3, 0.4) is 0 Å². The van der Waals surface area contributed by atoms with E-state index in [1.807, 2.05) is 49.9 Å². The Kier molecular flexibility index (Phi) is 5.80. The smallest absolute Gasteiger partial charge is 0.237 e. The molecule has 1 fully saturated rings. The molecule has 2 rings (SSSR count). The lowest BCUT2D eigenvalue weighted by molar-refractivity contribution is -0.131. The van der Waals surface area contributed by atoms with Crippen molar-refractivity contribution in [1.82, 2.24) is 10.2 Å². The molecule has 0 bridgehead atoms. The van der Waals surface area contributed by atoms with Crippen LogP contribution in [0.25, 0.3) is 0 Å². The van der Waals surface area contributed by atoms with Crippen LogP contribution in [-0.4, -0.2) is 54.3 Å². The van der Waals surface area contributed by atoms with E-state index < -0.39 is 6.10 Å². The molecular formula is C17H26N2O3. The van der Waals surface area contributed by atoms with Gasteiger partial charge in [-0.1, -0.05) is 31.5 Å². The predicted octanol–water partition coefficient (Wildman–Crippen LogP) is 1.19. The molecule has 0 aliphatic carbocycles. The van der Waals surface area contributed by atoms with E-state index in [-0.39, 0.29) is 24.5 Å². The normalized spacial score (nSPS) is 20.8. The maximum Gasteiger partial charge on any atom is 0.237 e. The largest absolute Gasteiger partial charge is 0.491 e. The number of hydrogen-bond acceptors (Lipinski definition) is 4. The second kappa shape index (κ2) is 7.61. The van der Waals surface area contributed by atoms with Crippen molar-refractivity contribution in [3.63, 3.8) is 0 Å². The van der Waals surface area contributed by atoms with Gasteiger partial charge in [0.2, 0.25) is 5.91 Å². The maximum atomic E-state index is 12.0. The van der Waals surface area contributed by atoms with Crippen LogP contribution in [0.4, 0.5) is 0 Å². The molecule has 0 radical (unpaired) electrons. The van der Waals surface area contributed by atoms with Crippen molar-refractivity contribution in [3.05, 3.63) is 29.8 Å². The number of aryl methyl sites for hydroxylation is 1. The summed E-state index contributed by atoms with van der Waals surface area (Å²) in [6, 6.07) is 7.57. The van der Waals surface area contributed by atoms with Crippen molar-refractivity contribution in [3.8, 4) is 5.75 Å². The number of nitrogens with zero attached hydrogens (tertiary/aromatic N) is 1. The number of carbonyl (C=O) groups is 1. The molecule has 1 amide bonds. The Balaban J connectivity index is 1.86. The van der Waals surface area contributed by atoms with Gasteiger partial charge in [-0.2, -0.15) is 0 Å². The van der Waals surface area contributed by atoms with E-state index in [0.717, 1.165) is 12.3 Å². The molecule has 5 heteroatoms. The zero-order valence-electron chi connectivity index (χ0n) is 13.6. The van der Waals surface area contributed by atoms with Gasteiger partial charge < -0.3 is 15.2 Å². The van der Waals surface area contributed by atoms with Crippen LogP contribution >= 0.6 is 0 Å². The summed E-state index contributed by atoms with van der Waals surface area (Å²) in [7, 11) is 0. The average Bonchev–Trinajstić information content (AvgIpc) is 2.46. The summed E-state index contributed by atoms with van der Waals surface area (Å²) in [5.41, 5.74) is 1.17. The quantitative estimate of drug-likeness (QED) is 0.829. The van der Waals surface area contributed by atoms with E-state index in [1.54, 1.807) is 0 Å². The number of β-amino-alcohol motifs (C(OH)–C–C–N with tert-alkyl or cyclic N) is 1. The lowest BCUT2D eigenvalue weighted by atomic mass is 9.99. The Morgan fingerprint density at radius 3 is 2.68 bits per heavy atom. The summed E-state index contributed by atoms with van der Waals surface area (Å²) in [6.07, 6.45) is -0.617. The molecule has 0 aromatic heterocycles. The molecule has 2 atom stereocenters. The number of rotatable bonds is 6. The molecule has 1 saturated heterocycles. The molecule has 2 N–H and O–H groups in total. The van der Waals surface area contributed by atoms with Crippen molar-refractivity contribution in [2.45, 2.75) is 32.9 Å². The van der Waals surface area contributed by atoms with Crippen molar-refractivity contribution in [1.29, 1.82) is 0 Å². The zero-order valence-corrected chi connectivity index (χ0v) is 13.6. The van der Waals surface area contributed by atoms with E-state index in [4.69, 9.17) is 4.74 Å². The first-order chi connectivity index (χ1) is 10.5. The number of aliphatic hydroxyl groups excluding tert-OH is 1. The summed E-state index contributed by atoms with van der Waals surface area (Å²) in [6.45, 7) is 8.14. The van der Waals surface area contributed by atoms with Crippen LogP contribution in [-0.2, 0) is 4.79 Å². The molecule has 5 nitrogen and oxygen atoms in total. The van der Waals surface area contributed by atoms with Gasteiger partial charge in [-0.25, -0.2) is 0 Å². The number of nitrogens with one attached hydrogen (secondary N) is 1. The van der Waals surface area contributed by atoms with Gasteiger partial charge in [0.1, 0.15) is 18.5 Å². The van der Waals surface area contributed by atoms with Crippen molar-refractivity contribution in [2.75, 3.05) is 26.2 Å². The summed E-state index contributed by atoms with van der Waals surface area (Å²) in [4.78, 5) is 14.0. The van der Waals surface area contributed by atoms with Gasteiger partial charge >= 0.3 is 0 Å². The Labute approximate surface area is 132 Å². The van der Waals surface area contributed by atoms with E-state index >= 15 is 0 Å². The molecule has 22 heavy (non-hydrogen) atoms. The molecular weight excluding hydrogens is 280 g/mol. The predicted molar refractivity (Wildman–Crippen MR) is 85.9 cm³/mol. The van der Waals surface area contributed by atoms with Crippen molar-refractivity contribution >= 4 is 5.91 Å². The number of hydrogen-bond donors (Lipinski definition) is 2. The van der Waals surface area contributed by atoms with Gasteiger partial charge in [-0.15, -0.1) is 0 Å². The monoisotopic (exact) mass is 306 g/mol. The van der Waals surface area contributed by atoms with E-state index in [0.29, 0.717) is 13.1 Å². The Morgan fingerprint density at radius 2 is 2.05 bits per heavy atom. The summed E-state index contributed by atoms with van der Waals surface area (Å²) < 4.78 is 5.61. The summed E-state index contributed by atoms with van der Waals surface area (Å²) in [5, 5.41) is 13.1. The SMILES string of the molecule is Cc1ccc(OCC(O)CN2CCNC(=O)C2C(C)C)cc1. The second-order valence-electron chi connectivity index (χ2n) is 6.25. The molecule has 1 aromatic carbocycles. The van der Waals surface area contributed by atoms with Gasteiger partial charge in [0.25, 0.3) is 0 Å². The van der Waals surface area contributed by atoms with Gasteiger partial charge in [0.15, 0.2) is 0 Å². The number of ether oxygens (including phenoxy) is 1. The average molecular weight is 306 g/mol. The lowest BCUT2D eigenvalue weighted by Crippen LogP contribution is -2.59. The highest BCUT2D eigenvalue weighted by Crippen LogP contribution is 2.15. The minimum atomic E-state index is -0.617. The van der Waals surface area contributed by atoms with Crippen LogP contribution in [0.15, 0.2) is 24.3 Å². The molecule has 122 valence electrons. The fraction of sp³-hybridized carbons (Fsp3) is 0.588. The van der Waals surface area contributed by atoms with E-state index in [2.05, 4.69) is 5.32 Å². The molecule has 1 aliphatic rings. The van der Waals surface area contributed by atoms with Gasteiger partial charge in [0.05, 0.1) is 6.04 Å². The van der Waals surface area contributed by atoms with Crippen LogP contribution in [0.5, 0.6) is 5.75 Å². The highest BCUT2D eigenvalue weighted by Gasteiger charge is 2.33. The van der Waals surface area contributed by atoms with Crippen molar-refractivity contribution < 1.29 is 14.6 Å². The standard InChI is InChI=1S/C17H26N2O3/c1-12(2)16-17(21)18-8-9-19(16)10-14(20)11-22-15-6-4-13(3)5-7-15/h4-7,12,14,16,20H,8-11H2,1-3H3,(H,18,21). The summed E-state index contributed by atoms with van der Waals surface area (Å²) in [5.74, 6) is 1.01. The van der Waals surface area contributed by atoms with E-state index in [1.165, 1.54) is 5.56 Å². The summed E-state index contributed by atoms with van der Waals surface area (Å²) >= 11 is 0. The number of carbonyl (C=O) groups excluding carboxylic acids is 1. The number of piperazine rings is 1. The third-order valence-corrected chi connectivity index (χ3v) is 3.90. The maximum absolute atomic E-state index is 12.0. The van der Waals surface area contributed by atoms with Crippen molar-refractivity contribution in [2.24, 2.45) is 5.92 Å². The van der Waals surface area contributed by atoms with Crippen LogP contribution in [0.1, 0.15) is 19.4 Å². The molecule has 1 aliphatic heterocycles. The number of aliphatic hydroxyl groups is 1. The third-order valence-electron chi connectivity index (χ3n) is 3.90. The Morgan fingerprint density at radius 1 is 1.36 bits per heavy atom. The Hall–Kier alpha value is -1.59. The van der Waals surface area contributed by atoms with Gasteiger partial charge in [-0.3, -0.25) is 9.69 Å². The van der Waals surface area contributed by atoms with Gasteiger partial charge in [-0.05, 0) is 25.0 Å². The first kappa shape index (κ1) is 16.8. The topological polar surface area (TPSA) is 61.8 Å². The van der Waals surface area contributed by atoms with Gasteiger partial charge in [0, 0.05) is 19.6 Å². The first-order valence-corrected chi connectivity index (χ1v) is 7.86. The minimum Gasteiger partial charge on any atom is -0.491 e. The molecule has 1 heterocycles.